The Kier molecular flexibility index (Phi) is 4.78. The minimum atomic E-state index is -0.139. The van der Waals surface area contributed by atoms with Gasteiger partial charge in [0.25, 0.3) is 5.91 Å². The molecule has 1 aromatic heterocycles. The van der Waals surface area contributed by atoms with Crippen LogP contribution in [0, 0.1) is 13.8 Å². The van der Waals surface area contributed by atoms with Crippen molar-refractivity contribution >= 4 is 34.0 Å². The van der Waals surface area contributed by atoms with Gasteiger partial charge in [-0.05, 0) is 43.5 Å². The fraction of sp³-hybridized carbons (Fsp3) is 0.333. The first-order chi connectivity index (χ1) is 9.51. The van der Waals surface area contributed by atoms with Crippen molar-refractivity contribution in [2.24, 2.45) is 0 Å². The van der Waals surface area contributed by atoms with Gasteiger partial charge in [0.05, 0.1) is 5.69 Å². The largest absolute Gasteiger partial charge is 0.298 e. The van der Waals surface area contributed by atoms with Crippen molar-refractivity contribution in [3.8, 4) is 0 Å². The zero-order chi connectivity index (χ0) is 14.7. The van der Waals surface area contributed by atoms with Crippen molar-refractivity contribution < 1.29 is 4.79 Å². The van der Waals surface area contributed by atoms with Gasteiger partial charge >= 0.3 is 0 Å². The fourth-order valence-corrected chi connectivity index (χ4v) is 2.88. The molecule has 5 heteroatoms. The molecule has 106 valence electrons. The summed E-state index contributed by atoms with van der Waals surface area (Å²) in [5, 5.41) is 6.16. The topological polar surface area (TPSA) is 42.0 Å². The summed E-state index contributed by atoms with van der Waals surface area (Å²) >= 11 is 7.50. The number of anilines is 1. The molecule has 0 aliphatic carbocycles. The van der Waals surface area contributed by atoms with Crippen LogP contribution in [0.25, 0.3) is 0 Å². The third kappa shape index (κ3) is 3.38. The molecule has 0 aliphatic rings. The molecule has 2 aromatic rings. The highest BCUT2D eigenvalue weighted by Gasteiger charge is 2.13. The van der Waals surface area contributed by atoms with Crippen LogP contribution in [0.3, 0.4) is 0 Å². The van der Waals surface area contributed by atoms with Crippen LogP contribution in [0.1, 0.15) is 40.5 Å². The molecule has 1 aromatic carbocycles. The fourth-order valence-electron chi connectivity index (χ4n) is 1.93. The molecule has 0 spiro atoms. The first-order valence-corrected chi connectivity index (χ1v) is 7.79. The third-order valence-electron chi connectivity index (χ3n) is 3.03. The Balaban J connectivity index is 2.17. The lowest BCUT2D eigenvalue weighted by molar-refractivity contribution is 0.102. The molecule has 3 nitrogen and oxygen atoms in total. The van der Waals surface area contributed by atoms with E-state index in [-0.39, 0.29) is 5.91 Å². The van der Waals surface area contributed by atoms with Crippen molar-refractivity contribution in [1.82, 2.24) is 4.98 Å². The van der Waals surface area contributed by atoms with Gasteiger partial charge in [0.1, 0.15) is 0 Å². The van der Waals surface area contributed by atoms with Crippen molar-refractivity contribution in [1.29, 1.82) is 0 Å². The maximum Gasteiger partial charge on any atom is 0.257 e. The van der Waals surface area contributed by atoms with Crippen LogP contribution >= 0.6 is 22.9 Å². The summed E-state index contributed by atoms with van der Waals surface area (Å²) in [6.07, 6.45) is 1.98. The van der Waals surface area contributed by atoms with Gasteiger partial charge in [-0.1, -0.05) is 24.9 Å². The van der Waals surface area contributed by atoms with Gasteiger partial charge in [0, 0.05) is 16.0 Å². The number of halogens is 1. The molecular formula is C15H17ClN2OS. The summed E-state index contributed by atoms with van der Waals surface area (Å²) in [4.78, 5) is 16.7. The Morgan fingerprint density at radius 2 is 2.10 bits per heavy atom. The number of carbonyl (C=O) groups is 1. The molecule has 2 rings (SSSR count). The zero-order valence-corrected chi connectivity index (χ0v) is 13.4. The molecule has 0 fully saturated rings. The Morgan fingerprint density at radius 1 is 1.35 bits per heavy atom. The molecule has 0 unspecified atom stereocenters. The maximum absolute atomic E-state index is 12.3. The number of amides is 1. The van der Waals surface area contributed by atoms with E-state index >= 15 is 0 Å². The minimum absolute atomic E-state index is 0.139. The minimum Gasteiger partial charge on any atom is -0.298 e. The van der Waals surface area contributed by atoms with Crippen LogP contribution in [0.4, 0.5) is 5.13 Å². The quantitative estimate of drug-likeness (QED) is 0.895. The Hall–Kier alpha value is -1.39. The molecule has 0 atom stereocenters. The first kappa shape index (κ1) is 15.0. The number of rotatable bonds is 4. The number of hydrogen-bond acceptors (Lipinski definition) is 3. The van der Waals surface area contributed by atoms with E-state index < -0.39 is 0 Å². The summed E-state index contributed by atoms with van der Waals surface area (Å²) in [6.45, 7) is 5.88. The zero-order valence-electron chi connectivity index (χ0n) is 11.8. The number of thiazole rings is 1. The Bertz CT molecular complexity index is 637. The van der Waals surface area contributed by atoms with Gasteiger partial charge in [0.15, 0.2) is 5.13 Å². The lowest BCUT2D eigenvalue weighted by atomic mass is 10.1. The summed E-state index contributed by atoms with van der Waals surface area (Å²) in [6, 6.07) is 3.63. The van der Waals surface area contributed by atoms with E-state index in [1.165, 1.54) is 11.3 Å². The summed E-state index contributed by atoms with van der Waals surface area (Å²) in [7, 11) is 0. The van der Waals surface area contributed by atoms with Crippen LogP contribution in [0.2, 0.25) is 5.02 Å². The van der Waals surface area contributed by atoms with Crippen LogP contribution in [0.5, 0.6) is 0 Å². The number of carbonyl (C=O) groups excluding carboxylic acids is 1. The van der Waals surface area contributed by atoms with E-state index in [1.807, 2.05) is 31.4 Å². The van der Waals surface area contributed by atoms with E-state index in [0.717, 1.165) is 29.7 Å². The lowest BCUT2D eigenvalue weighted by Gasteiger charge is -2.08. The highest BCUT2D eigenvalue weighted by atomic mass is 35.5. The summed E-state index contributed by atoms with van der Waals surface area (Å²) in [5.41, 5.74) is 3.42. The molecule has 1 N–H and O–H groups in total. The number of aryl methyl sites for hydroxylation is 3. The average molecular weight is 309 g/mol. The number of aromatic nitrogens is 1. The predicted octanol–water partition coefficient (Wildman–Crippen LogP) is 4.62. The highest BCUT2D eigenvalue weighted by Crippen LogP contribution is 2.22. The number of hydrogen-bond donors (Lipinski definition) is 1. The number of nitrogens with zero attached hydrogens (tertiary/aromatic N) is 1. The lowest BCUT2D eigenvalue weighted by Crippen LogP contribution is -2.13. The van der Waals surface area contributed by atoms with Crippen LogP contribution in [-0.4, -0.2) is 10.9 Å². The van der Waals surface area contributed by atoms with Gasteiger partial charge in [0.2, 0.25) is 0 Å². The summed E-state index contributed by atoms with van der Waals surface area (Å²) in [5.74, 6) is -0.139. The molecule has 20 heavy (non-hydrogen) atoms. The standard InChI is InChI=1S/C15H17ClN2OS/c1-4-5-11-8-20-15(17-11)18-14(19)12-6-10(3)13(16)7-9(12)2/h6-8H,4-5H2,1-3H3,(H,17,18,19). The van der Waals surface area contributed by atoms with E-state index in [2.05, 4.69) is 17.2 Å². The van der Waals surface area contributed by atoms with Crippen LogP contribution in [0.15, 0.2) is 17.5 Å². The Labute approximate surface area is 128 Å². The van der Waals surface area contributed by atoms with Crippen molar-refractivity contribution in [3.63, 3.8) is 0 Å². The van der Waals surface area contributed by atoms with E-state index in [4.69, 9.17) is 11.6 Å². The second kappa shape index (κ2) is 6.37. The number of benzene rings is 1. The van der Waals surface area contributed by atoms with Gasteiger partial charge < -0.3 is 0 Å². The highest BCUT2D eigenvalue weighted by molar-refractivity contribution is 7.14. The first-order valence-electron chi connectivity index (χ1n) is 6.53. The second-order valence-corrected chi connectivity index (χ2v) is 6.03. The molecule has 1 amide bonds. The third-order valence-corrected chi connectivity index (χ3v) is 4.24. The molecule has 0 aliphatic heterocycles. The van der Waals surface area contributed by atoms with Crippen molar-refractivity contribution in [2.45, 2.75) is 33.6 Å². The smallest absolute Gasteiger partial charge is 0.257 e. The van der Waals surface area contributed by atoms with Gasteiger partial charge in [-0.3, -0.25) is 10.1 Å². The molecule has 0 saturated heterocycles. The SMILES string of the molecule is CCCc1csc(NC(=O)c2cc(C)c(Cl)cc2C)n1. The van der Waals surface area contributed by atoms with Gasteiger partial charge in [-0.2, -0.15) is 0 Å². The van der Waals surface area contributed by atoms with Crippen molar-refractivity contribution in [3.05, 3.63) is 44.9 Å². The van der Waals surface area contributed by atoms with E-state index in [1.54, 1.807) is 0 Å². The van der Waals surface area contributed by atoms with Crippen LogP contribution in [-0.2, 0) is 6.42 Å². The number of nitrogens with one attached hydrogen (secondary N) is 1. The molecule has 1 heterocycles. The monoisotopic (exact) mass is 308 g/mol. The van der Waals surface area contributed by atoms with Gasteiger partial charge in [-0.15, -0.1) is 11.3 Å². The van der Waals surface area contributed by atoms with E-state index in [9.17, 15) is 4.79 Å². The normalized spacial score (nSPS) is 10.6. The molecule has 0 radical (unpaired) electrons. The Morgan fingerprint density at radius 3 is 2.80 bits per heavy atom. The maximum atomic E-state index is 12.3. The second-order valence-electron chi connectivity index (χ2n) is 4.76. The van der Waals surface area contributed by atoms with Crippen LogP contribution < -0.4 is 5.32 Å². The van der Waals surface area contributed by atoms with Crippen molar-refractivity contribution in [2.75, 3.05) is 5.32 Å². The van der Waals surface area contributed by atoms with E-state index in [0.29, 0.717) is 15.7 Å². The average Bonchev–Trinajstić information content (AvgIpc) is 2.81. The molecule has 0 saturated carbocycles. The summed E-state index contributed by atoms with van der Waals surface area (Å²) < 4.78 is 0. The molecular weight excluding hydrogens is 292 g/mol. The molecule has 0 bridgehead atoms. The predicted molar refractivity (Wildman–Crippen MR) is 85.0 cm³/mol. The van der Waals surface area contributed by atoms with Gasteiger partial charge in [-0.25, -0.2) is 4.98 Å².